The first-order chi connectivity index (χ1) is 15.0. The van der Waals surface area contributed by atoms with Crippen molar-refractivity contribution in [2.45, 2.75) is 38.8 Å². The van der Waals surface area contributed by atoms with Gasteiger partial charge in [-0.1, -0.05) is 30.7 Å². The molecule has 0 aromatic heterocycles. The standard InChI is InChI=1S/C24H41ClN6.HI/c1-5-30-12-14-31(15-13-30)19(2)17-27-24(26-3)28-18-21-9-7-11-29(4)23(21)20-8-6-10-22(25)16-20;/h6,8,10,16,19,21,23H,5,7,9,11-15,17-18H2,1-4H3,(H2,26,27,28);1H. The predicted octanol–water partition coefficient (Wildman–Crippen LogP) is 3.53. The molecule has 3 rings (SSSR count). The summed E-state index contributed by atoms with van der Waals surface area (Å²) < 4.78 is 0. The lowest BCUT2D eigenvalue weighted by atomic mass is 9.85. The highest BCUT2D eigenvalue weighted by molar-refractivity contribution is 14.0. The number of guanidine groups is 1. The number of aliphatic imine (C=N–C) groups is 1. The first kappa shape index (κ1) is 27.6. The number of rotatable bonds is 7. The molecule has 2 aliphatic rings. The lowest BCUT2D eigenvalue weighted by molar-refractivity contribution is 0.107. The zero-order chi connectivity index (χ0) is 22.2. The van der Waals surface area contributed by atoms with Gasteiger partial charge in [0.2, 0.25) is 0 Å². The quantitative estimate of drug-likeness (QED) is 0.296. The summed E-state index contributed by atoms with van der Waals surface area (Å²) in [6, 6.07) is 9.22. The molecule has 0 saturated carbocycles. The molecule has 1 aromatic carbocycles. The van der Waals surface area contributed by atoms with Crippen LogP contribution >= 0.6 is 35.6 Å². The van der Waals surface area contributed by atoms with Crippen molar-refractivity contribution >= 4 is 41.5 Å². The van der Waals surface area contributed by atoms with E-state index in [1.807, 2.05) is 13.1 Å². The second kappa shape index (κ2) is 13.9. The van der Waals surface area contributed by atoms with Gasteiger partial charge in [0.1, 0.15) is 0 Å². The van der Waals surface area contributed by atoms with E-state index in [1.165, 1.54) is 31.5 Å². The Kier molecular flexibility index (Phi) is 12.0. The lowest BCUT2D eigenvalue weighted by Crippen LogP contribution is -2.53. The minimum atomic E-state index is 0. The van der Waals surface area contributed by atoms with E-state index in [0.29, 0.717) is 18.0 Å². The molecule has 0 spiro atoms. The van der Waals surface area contributed by atoms with Crippen molar-refractivity contribution < 1.29 is 0 Å². The highest BCUT2D eigenvalue weighted by atomic mass is 127. The smallest absolute Gasteiger partial charge is 0.191 e. The van der Waals surface area contributed by atoms with Crippen LogP contribution in [0.2, 0.25) is 5.02 Å². The molecule has 2 heterocycles. The number of likely N-dealkylation sites (N-methyl/N-ethyl adjacent to an activating group) is 1. The monoisotopic (exact) mass is 576 g/mol. The Morgan fingerprint density at radius 1 is 1.19 bits per heavy atom. The van der Waals surface area contributed by atoms with E-state index in [-0.39, 0.29) is 24.0 Å². The molecule has 0 bridgehead atoms. The summed E-state index contributed by atoms with van der Waals surface area (Å²) in [5.41, 5.74) is 1.31. The summed E-state index contributed by atoms with van der Waals surface area (Å²) in [4.78, 5) is 12.1. The minimum Gasteiger partial charge on any atom is -0.356 e. The first-order valence-corrected chi connectivity index (χ1v) is 12.3. The van der Waals surface area contributed by atoms with E-state index in [4.69, 9.17) is 11.6 Å². The van der Waals surface area contributed by atoms with Gasteiger partial charge in [-0.3, -0.25) is 14.8 Å². The van der Waals surface area contributed by atoms with Gasteiger partial charge in [-0.05, 0) is 63.5 Å². The Morgan fingerprint density at radius 2 is 1.94 bits per heavy atom. The fourth-order valence-corrected chi connectivity index (χ4v) is 5.23. The van der Waals surface area contributed by atoms with Gasteiger partial charge in [0.05, 0.1) is 0 Å². The summed E-state index contributed by atoms with van der Waals surface area (Å²) in [6.07, 6.45) is 2.44. The van der Waals surface area contributed by atoms with Crippen molar-refractivity contribution in [3.63, 3.8) is 0 Å². The predicted molar refractivity (Wildman–Crippen MR) is 147 cm³/mol. The van der Waals surface area contributed by atoms with Crippen LogP contribution in [0.15, 0.2) is 29.3 Å². The Bertz CT molecular complexity index is 709. The van der Waals surface area contributed by atoms with E-state index >= 15 is 0 Å². The Labute approximate surface area is 217 Å². The average molecular weight is 577 g/mol. The van der Waals surface area contributed by atoms with Crippen molar-refractivity contribution in [1.82, 2.24) is 25.3 Å². The largest absolute Gasteiger partial charge is 0.356 e. The summed E-state index contributed by atoms with van der Waals surface area (Å²) in [5, 5.41) is 7.97. The molecule has 8 heteroatoms. The molecule has 2 aliphatic heterocycles. The number of hydrogen-bond acceptors (Lipinski definition) is 4. The normalized spacial score (nSPS) is 24.6. The van der Waals surface area contributed by atoms with E-state index in [0.717, 1.165) is 50.3 Å². The molecular formula is C24H42ClIN6. The van der Waals surface area contributed by atoms with Crippen LogP contribution in [0.4, 0.5) is 0 Å². The maximum absolute atomic E-state index is 6.29. The molecule has 0 radical (unpaired) electrons. The number of nitrogens with zero attached hydrogens (tertiary/aromatic N) is 4. The number of likely N-dealkylation sites (tertiary alicyclic amines) is 1. The molecule has 6 nitrogen and oxygen atoms in total. The van der Waals surface area contributed by atoms with Crippen molar-refractivity contribution in [3.8, 4) is 0 Å². The van der Waals surface area contributed by atoms with E-state index in [2.05, 4.69) is 69.4 Å². The topological polar surface area (TPSA) is 46.1 Å². The van der Waals surface area contributed by atoms with Crippen molar-refractivity contribution in [2.75, 3.05) is 66.5 Å². The maximum Gasteiger partial charge on any atom is 0.191 e. The number of piperidine rings is 1. The van der Waals surface area contributed by atoms with Crippen molar-refractivity contribution in [2.24, 2.45) is 10.9 Å². The lowest BCUT2D eigenvalue weighted by Gasteiger charge is -2.40. The van der Waals surface area contributed by atoms with Gasteiger partial charge in [0, 0.05) is 63.4 Å². The zero-order valence-electron chi connectivity index (χ0n) is 20.2. The summed E-state index contributed by atoms with van der Waals surface area (Å²) >= 11 is 6.29. The molecule has 3 unspecified atom stereocenters. The van der Waals surface area contributed by atoms with Gasteiger partial charge in [0.25, 0.3) is 0 Å². The van der Waals surface area contributed by atoms with Gasteiger partial charge in [-0.2, -0.15) is 0 Å². The summed E-state index contributed by atoms with van der Waals surface area (Å²) in [7, 11) is 4.09. The molecule has 2 saturated heterocycles. The van der Waals surface area contributed by atoms with Gasteiger partial charge in [-0.25, -0.2) is 0 Å². The number of hydrogen-bond donors (Lipinski definition) is 2. The third-order valence-electron chi connectivity index (χ3n) is 6.99. The third kappa shape index (κ3) is 7.72. The van der Waals surface area contributed by atoms with Gasteiger partial charge in [-0.15, -0.1) is 24.0 Å². The molecule has 2 N–H and O–H groups in total. The second-order valence-corrected chi connectivity index (χ2v) is 9.47. The second-order valence-electron chi connectivity index (χ2n) is 9.04. The van der Waals surface area contributed by atoms with Crippen LogP contribution < -0.4 is 10.6 Å². The molecule has 0 aliphatic carbocycles. The van der Waals surface area contributed by atoms with Crippen LogP contribution in [0.25, 0.3) is 0 Å². The molecule has 1 aromatic rings. The summed E-state index contributed by atoms with van der Waals surface area (Å²) in [6.45, 7) is 13.3. The van der Waals surface area contributed by atoms with E-state index < -0.39 is 0 Å². The van der Waals surface area contributed by atoms with E-state index in [1.54, 1.807) is 0 Å². The van der Waals surface area contributed by atoms with Crippen LogP contribution in [-0.4, -0.2) is 93.2 Å². The molecule has 182 valence electrons. The number of halogens is 2. The van der Waals surface area contributed by atoms with Crippen molar-refractivity contribution in [1.29, 1.82) is 0 Å². The molecule has 2 fully saturated rings. The van der Waals surface area contributed by atoms with Gasteiger partial charge >= 0.3 is 0 Å². The number of nitrogens with one attached hydrogen (secondary N) is 2. The Balaban J connectivity index is 0.00000363. The first-order valence-electron chi connectivity index (χ1n) is 11.9. The maximum atomic E-state index is 6.29. The molecule has 32 heavy (non-hydrogen) atoms. The third-order valence-corrected chi connectivity index (χ3v) is 7.23. The fraction of sp³-hybridized carbons (Fsp3) is 0.708. The van der Waals surface area contributed by atoms with Gasteiger partial charge < -0.3 is 15.5 Å². The molecule has 3 atom stereocenters. The number of benzene rings is 1. The van der Waals surface area contributed by atoms with Crippen LogP contribution in [0, 0.1) is 5.92 Å². The highest BCUT2D eigenvalue weighted by Crippen LogP contribution is 2.35. The van der Waals surface area contributed by atoms with Crippen LogP contribution in [0.5, 0.6) is 0 Å². The summed E-state index contributed by atoms with van der Waals surface area (Å²) in [5.74, 6) is 1.42. The average Bonchev–Trinajstić information content (AvgIpc) is 2.79. The molecule has 0 amide bonds. The highest BCUT2D eigenvalue weighted by Gasteiger charge is 2.30. The van der Waals surface area contributed by atoms with Crippen LogP contribution in [0.1, 0.15) is 38.3 Å². The number of piperazine rings is 1. The van der Waals surface area contributed by atoms with E-state index in [9.17, 15) is 0 Å². The molecular weight excluding hydrogens is 535 g/mol. The SMILES string of the molecule is CCN1CCN(C(C)CNC(=NC)NCC2CCCN(C)C2c2cccc(Cl)c2)CC1.I. The van der Waals surface area contributed by atoms with Crippen molar-refractivity contribution in [3.05, 3.63) is 34.9 Å². The Hall–Kier alpha value is -0.610. The minimum absolute atomic E-state index is 0. The van der Waals surface area contributed by atoms with Crippen LogP contribution in [-0.2, 0) is 0 Å². The Morgan fingerprint density at radius 3 is 2.59 bits per heavy atom. The zero-order valence-corrected chi connectivity index (χ0v) is 23.3. The van der Waals surface area contributed by atoms with Crippen LogP contribution in [0.3, 0.4) is 0 Å². The fourth-order valence-electron chi connectivity index (χ4n) is 5.03. The van der Waals surface area contributed by atoms with Gasteiger partial charge in [0.15, 0.2) is 5.96 Å².